The Morgan fingerprint density at radius 1 is 1.20 bits per heavy atom. The Bertz CT molecular complexity index is 594. The molecule has 106 valence electrons. The summed E-state index contributed by atoms with van der Waals surface area (Å²) in [6.07, 6.45) is 2.82. The molecule has 1 N–H and O–H groups in total. The smallest absolute Gasteiger partial charge is 0.138 e. The summed E-state index contributed by atoms with van der Waals surface area (Å²) in [4.78, 5) is 16.4. The molecule has 0 aliphatic carbocycles. The standard InChI is InChI=1S/C17H22N2O/c1-17(2,3)19-11-9-14(20)12-13-8-10-18-16-7-5-4-6-15(13)16/h4-8,10,19H,9,11-12H2,1-3H3. The van der Waals surface area contributed by atoms with Crippen LogP contribution in [0.3, 0.4) is 0 Å². The summed E-state index contributed by atoms with van der Waals surface area (Å²) in [5.74, 6) is 0.262. The van der Waals surface area contributed by atoms with E-state index in [9.17, 15) is 4.79 Å². The molecular formula is C17H22N2O. The van der Waals surface area contributed by atoms with Crippen LogP contribution in [0.5, 0.6) is 0 Å². The second kappa shape index (κ2) is 6.14. The number of hydrogen-bond donors (Lipinski definition) is 1. The van der Waals surface area contributed by atoms with Crippen molar-refractivity contribution >= 4 is 16.7 Å². The zero-order chi connectivity index (χ0) is 14.6. The van der Waals surface area contributed by atoms with Crippen LogP contribution in [0.2, 0.25) is 0 Å². The highest BCUT2D eigenvalue weighted by Crippen LogP contribution is 2.17. The quantitative estimate of drug-likeness (QED) is 0.907. The third-order valence-electron chi connectivity index (χ3n) is 3.19. The van der Waals surface area contributed by atoms with E-state index in [2.05, 4.69) is 31.1 Å². The van der Waals surface area contributed by atoms with Crippen LogP contribution in [0, 0.1) is 0 Å². The number of aromatic nitrogens is 1. The van der Waals surface area contributed by atoms with Gasteiger partial charge in [-0.2, -0.15) is 0 Å². The van der Waals surface area contributed by atoms with Gasteiger partial charge >= 0.3 is 0 Å². The van der Waals surface area contributed by atoms with Crippen molar-refractivity contribution in [2.45, 2.75) is 39.2 Å². The summed E-state index contributed by atoms with van der Waals surface area (Å²) in [5, 5.41) is 4.42. The zero-order valence-corrected chi connectivity index (χ0v) is 12.4. The summed E-state index contributed by atoms with van der Waals surface area (Å²) in [7, 11) is 0. The van der Waals surface area contributed by atoms with Gasteiger partial charge in [-0.05, 0) is 38.5 Å². The minimum absolute atomic E-state index is 0.0592. The summed E-state index contributed by atoms with van der Waals surface area (Å²) in [6, 6.07) is 9.90. The Kier molecular flexibility index (Phi) is 4.50. The number of nitrogens with zero attached hydrogens (tertiary/aromatic N) is 1. The van der Waals surface area contributed by atoms with Gasteiger partial charge in [-0.15, -0.1) is 0 Å². The maximum Gasteiger partial charge on any atom is 0.138 e. The molecule has 2 rings (SSSR count). The molecule has 3 nitrogen and oxygen atoms in total. The fourth-order valence-corrected chi connectivity index (χ4v) is 2.19. The fourth-order valence-electron chi connectivity index (χ4n) is 2.19. The molecule has 0 aliphatic rings. The summed E-state index contributed by atoms with van der Waals surface area (Å²) in [5.41, 5.74) is 2.07. The van der Waals surface area contributed by atoms with Gasteiger partial charge in [0.05, 0.1) is 5.52 Å². The number of nitrogens with one attached hydrogen (secondary N) is 1. The number of benzene rings is 1. The Hall–Kier alpha value is -1.74. The first kappa shape index (κ1) is 14.7. The van der Waals surface area contributed by atoms with Crippen LogP contribution in [-0.2, 0) is 11.2 Å². The first-order valence-electron chi connectivity index (χ1n) is 7.05. The number of carbonyl (C=O) groups is 1. The van der Waals surface area contributed by atoms with E-state index in [-0.39, 0.29) is 11.3 Å². The number of hydrogen-bond acceptors (Lipinski definition) is 3. The SMILES string of the molecule is CC(C)(C)NCCC(=O)Cc1ccnc2ccccc12. The first-order valence-corrected chi connectivity index (χ1v) is 7.05. The zero-order valence-electron chi connectivity index (χ0n) is 12.4. The number of para-hydroxylation sites is 1. The number of ketones is 1. The highest BCUT2D eigenvalue weighted by molar-refractivity contribution is 5.88. The minimum Gasteiger partial charge on any atom is -0.312 e. The normalized spacial score (nSPS) is 11.8. The largest absolute Gasteiger partial charge is 0.312 e. The topological polar surface area (TPSA) is 42.0 Å². The summed E-state index contributed by atoms with van der Waals surface area (Å²) < 4.78 is 0. The second-order valence-electron chi connectivity index (χ2n) is 6.13. The van der Waals surface area contributed by atoms with Crippen LogP contribution in [0.25, 0.3) is 10.9 Å². The average molecular weight is 270 g/mol. The van der Waals surface area contributed by atoms with Gasteiger partial charge in [0, 0.05) is 36.5 Å². The highest BCUT2D eigenvalue weighted by atomic mass is 16.1. The molecule has 0 atom stereocenters. The van der Waals surface area contributed by atoms with E-state index in [1.807, 2.05) is 30.3 Å². The van der Waals surface area contributed by atoms with Gasteiger partial charge in [0.25, 0.3) is 0 Å². The molecule has 1 aromatic carbocycles. The molecule has 2 aromatic rings. The molecule has 3 heteroatoms. The average Bonchev–Trinajstić information content (AvgIpc) is 2.37. The van der Waals surface area contributed by atoms with E-state index in [0.29, 0.717) is 12.8 Å². The summed E-state index contributed by atoms with van der Waals surface area (Å²) >= 11 is 0. The van der Waals surface area contributed by atoms with Crippen LogP contribution in [0.1, 0.15) is 32.8 Å². The molecule has 0 bridgehead atoms. The molecule has 20 heavy (non-hydrogen) atoms. The van der Waals surface area contributed by atoms with E-state index < -0.39 is 0 Å². The van der Waals surface area contributed by atoms with Crippen LogP contribution in [-0.4, -0.2) is 22.9 Å². The molecule has 0 saturated heterocycles. The lowest BCUT2D eigenvalue weighted by atomic mass is 10.0. The molecule has 0 radical (unpaired) electrons. The number of fused-ring (bicyclic) bond motifs is 1. The number of Topliss-reactive ketones (excluding diaryl/α,β-unsaturated/α-hetero) is 1. The van der Waals surface area contributed by atoms with Crippen LogP contribution in [0.15, 0.2) is 36.5 Å². The second-order valence-corrected chi connectivity index (χ2v) is 6.13. The molecule has 0 aliphatic heterocycles. The monoisotopic (exact) mass is 270 g/mol. The van der Waals surface area contributed by atoms with E-state index in [1.54, 1.807) is 6.20 Å². The Morgan fingerprint density at radius 2 is 1.95 bits per heavy atom. The highest BCUT2D eigenvalue weighted by Gasteiger charge is 2.11. The van der Waals surface area contributed by atoms with Crippen molar-refractivity contribution in [2.24, 2.45) is 0 Å². The molecule has 0 unspecified atom stereocenters. The molecular weight excluding hydrogens is 248 g/mol. The van der Waals surface area contributed by atoms with Crippen molar-refractivity contribution in [3.63, 3.8) is 0 Å². The third kappa shape index (κ3) is 4.14. The van der Waals surface area contributed by atoms with Gasteiger partial charge in [0.2, 0.25) is 0 Å². The number of rotatable bonds is 5. The predicted octanol–water partition coefficient (Wildman–Crippen LogP) is 3.12. The Morgan fingerprint density at radius 3 is 2.70 bits per heavy atom. The molecule has 0 spiro atoms. The maximum atomic E-state index is 12.1. The van der Waals surface area contributed by atoms with Gasteiger partial charge in [-0.1, -0.05) is 18.2 Å². The van der Waals surface area contributed by atoms with Gasteiger partial charge in [0.15, 0.2) is 0 Å². The maximum absolute atomic E-state index is 12.1. The van der Waals surface area contributed by atoms with Crippen LogP contribution >= 0.6 is 0 Å². The third-order valence-corrected chi connectivity index (χ3v) is 3.19. The fraction of sp³-hybridized carbons (Fsp3) is 0.412. The Balaban J connectivity index is 2.00. The van der Waals surface area contributed by atoms with Crippen molar-refractivity contribution in [2.75, 3.05) is 6.54 Å². The molecule has 0 saturated carbocycles. The van der Waals surface area contributed by atoms with Crippen molar-refractivity contribution in [1.82, 2.24) is 10.3 Å². The lowest BCUT2D eigenvalue weighted by molar-refractivity contribution is -0.118. The predicted molar refractivity (Wildman–Crippen MR) is 82.8 cm³/mol. The number of carbonyl (C=O) groups excluding carboxylic acids is 1. The summed E-state index contributed by atoms with van der Waals surface area (Å²) in [6.45, 7) is 7.04. The van der Waals surface area contributed by atoms with E-state index in [0.717, 1.165) is 23.0 Å². The molecule has 1 aromatic heterocycles. The van der Waals surface area contributed by atoms with Gasteiger partial charge in [-0.25, -0.2) is 0 Å². The Labute approximate surface area is 120 Å². The van der Waals surface area contributed by atoms with Crippen LogP contribution < -0.4 is 5.32 Å². The van der Waals surface area contributed by atoms with E-state index >= 15 is 0 Å². The minimum atomic E-state index is 0.0592. The molecule has 1 heterocycles. The van der Waals surface area contributed by atoms with Gasteiger partial charge in [-0.3, -0.25) is 9.78 Å². The van der Waals surface area contributed by atoms with E-state index in [1.165, 1.54) is 0 Å². The van der Waals surface area contributed by atoms with Crippen molar-refractivity contribution in [1.29, 1.82) is 0 Å². The van der Waals surface area contributed by atoms with Crippen molar-refractivity contribution in [3.8, 4) is 0 Å². The number of pyridine rings is 1. The lowest BCUT2D eigenvalue weighted by Gasteiger charge is -2.20. The molecule has 0 fully saturated rings. The van der Waals surface area contributed by atoms with E-state index in [4.69, 9.17) is 0 Å². The molecule has 0 amide bonds. The first-order chi connectivity index (χ1) is 9.46. The van der Waals surface area contributed by atoms with Crippen molar-refractivity contribution in [3.05, 3.63) is 42.1 Å². The lowest BCUT2D eigenvalue weighted by Crippen LogP contribution is -2.37. The van der Waals surface area contributed by atoms with Crippen molar-refractivity contribution < 1.29 is 4.79 Å². The van der Waals surface area contributed by atoms with Gasteiger partial charge in [0.1, 0.15) is 5.78 Å². The van der Waals surface area contributed by atoms with Crippen LogP contribution in [0.4, 0.5) is 0 Å². The van der Waals surface area contributed by atoms with Gasteiger partial charge < -0.3 is 5.32 Å².